The van der Waals surface area contributed by atoms with Crippen LogP contribution in [0.1, 0.15) is 36.5 Å². The minimum Gasteiger partial charge on any atom is -0.506 e. The van der Waals surface area contributed by atoms with Gasteiger partial charge in [-0.3, -0.25) is 9.78 Å². The van der Waals surface area contributed by atoms with Gasteiger partial charge in [0.1, 0.15) is 17.3 Å². The number of halogens is 1. The number of Topliss-reactive ketones (excluding diaryl/α,β-unsaturated/α-hetero) is 1. The predicted octanol–water partition coefficient (Wildman–Crippen LogP) is 3.97. The van der Waals surface area contributed by atoms with Gasteiger partial charge in [0.05, 0.1) is 5.56 Å². The number of aromatic hydroxyl groups is 1. The van der Waals surface area contributed by atoms with E-state index in [1.807, 2.05) is 6.92 Å². The van der Waals surface area contributed by atoms with Crippen molar-refractivity contribution in [2.75, 3.05) is 0 Å². The lowest BCUT2D eigenvalue weighted by Crippen LogP contribution is -2.02. The molecule has 0 aliphatic heterocycles. The molecule has 0 fully saturated rings. The third kappa shape index (κ3) is 3.02. The summed E-state index contributed by atoms with van der Waals surface area (Å²) in [6.45, 7) is 1.98. The molecule has 20 heavy (non-hydrogen) atoms. The molecule has 0 unspecified atom stereocenters. The summed E-state index contributed by atoms with van der Waals surface area (Å²) in [6, 6.07) is 7.38. The SMILES string of the molecule is CCCCC(=O)c1ccc(-c2ncccc2O)cc1F. The Bertz CT molecular complexity index is 626. The summed E-state index contributed by atoms with van der Waals surface area (Å²) in [5.74, 6) is -0.785. The molecular weight excluding hydrogens is 257 g/mol. The number of benzene rings is 1. The molecule has 1 N–H and O–H groups in total. The van der Waals surface area contributed by atoms with Gasteiger partial charge in [-0.05, 0) is 30.7 Å². The van der Waals surface area contributed by atoms with E-state index in [2.05, 4.69) is 4.98 Å². The summed E-state index contributed by atoms with van der Waals surface area (Å²) in [6.07, 6.45) is 3.52. The van der Waals surface area contributed by atoms with Crippen LogP contribution in [-0.2, 0) is 0 Å². The van der Waals surface area contributed by atoms with Crippen molar-refractivity contribution in [3.8, 4) is 17.0 Å². The third-order valence-electron chi connectivity index (χ3n) is 3.09. The van der Waals surface area contributed by atoms with Gasteiger partial charge < -0.3 is 5.11 Å². The zero-order valence-corrected chi connectivity index (χ0v) is 11.3. The molecule has 0 radical (unpaired) electrons. The molecule has 104 valence electrons. The Morgan fingerprint density at radius 1 is 1.35 bits per heavy atom. The van der Waals surface area contributed by atoms with Crippen molar-refractivity contribution < 1.29 is 14.3 Å². The molecule has 0 saturated heterocycles. The van der Waals surface area contributed by atoms with Crippen molar-refractivity contribution in [2.24, 2.45) is 0 Å². The number of carbonyl (C=O) groups excluding carboxylic acids is 1. The maximum absolute atomic E-state index is 14.0. The first-order valence-corrected chi connectivity index (χ1v) is 6.60. The van der Waals surface area contributed by atoms with Crippen molar-refractivity contribution in [1.82, 2.24) is 4.98 Å². The fourth-order valence-electron chi connectivity index (χ4n) is 1.98. The number of nitrogens with zero attached hydrogens (tertiary/aromatic N) is 1. The highest BCUT2D eigenvalue weighted by molar-refractivity contribution is 5.96. The Labute approximate surface area is 117 Å². The van der Waals surface area contributed by atoms with Crippen LogP contribution in [0.25, 0.3) is 11.3 Å². The van der Waals surface area contributed by atoms with E-state index < -0.39 is 5.82 Å². The van der Waals surface area contributed by atoms with Gasteiger partial charge in [-0.1, -0.05) is 19.4 Å². The van der Waals surface area contributed by atoms with Crippen molar-refractivity contribution in [3.63, 3.8) is 0 Å². The summed E-state index contributed by atoms with van der Waals surface area (Å²) in [4.78, 5) is 15.8. The molecule has 1 aromatic carbocycles. The molecule has 0 amide bonds. The van der Waals surface area contributed by atoms with E-state index in [-0.39, 0.29) is 17.1 Å². The number of unbranched alkanes of at least 4 members (excludes halogenated alkanes) is 1. The molecule has 0 bridgehead atoms. The maximum atomic E-state index is 14.0. The molecule has 0 atom stereocenters. The smallest absolute Gasteiger partial charge is 0.165 e. The summed E-state index contributed by atoms with van der Waals surface area (Å²) >= 11 is 0. The van der Waals surface area contributed by atoms with Crippen LogP contribution < -0.4 is 0 Å². The van der Waals surface area contributed by atoms with E-state index in [0.29, 0.717) is 17.7 Å². The first kappa shape index (κ1) is 14.2. The van der Waals surface area contributed by atoms with Crippen LogP contribution in [-0.4, -0.2) is 15.9 Å². The zero-order chi connectivity index (χ0) is 14.5. The highest BCUT2D eigenvalue weighted by Gasteiger charge is 2.14. The number of hydrogen-bond acceptors (Lipinski definition) is 3. The van der Waals surface area contributed by atoms with Gasteiger partial charge in [0, 0.05) is 18.2 Å². The topological polar surface area (TPSA) is 50.2 Å². The first-order chi connectivity index (χ1) is 9.63. The number of pyridine rings is 1. The normalized spacial score (nSPS) is 10.5. The molecule has 1 aromatic heterocycles. The lowest BCUT2D eigenvalue weighted by atomic mass is 10.0. The number of aromatic nitrogens is 1. The Morgan fingerprint density at radius 3 is 2.80 bits per heavy atom. The van der Waals surface area contributed by atoms with Crippen molar-refractivity contribution >= 4 is 5.78 Å². The molecule has 2 rings (SSSR count). The van der Waals surface area contributed by atoms with Gasteiger partial charge in [0.15, 0.2) is 5.78 Å². The quantitative estimate of drug-likeness (QED) is 0.839. The summed E-state index contributed by atoms with van der Waals surface area (Å²) < 4.78 is 14.0. The van der Waals surface area contributed by atoms with Crippen LogP contribution in [0.2, 0.25) is 0 Å². The molecule has 1 heterocycles. The largest absolute Gasteiger partial charge is 0.506 e. The fraction of sp³-hybridized carbons (Fsp3) is 0.250. The second kappa shape index (κ2) is 6.28. The highest BCUT2D eigenvalue weighted by atomic mass is 19.1. The number of ketones is 1. The molecule has 0 aliphatic carbocycles. The van der Waals surface area contributed by atoms with E-state index in [9.17, 15) is 14.3 Å². The monoisotopic (exact) mass is 273 g/mol. The predicted molar refractivity (Wildman–Crippen MR) is 75.2 cm³/mol. The van der Waals surface area contributed by atoms with E-state index in [4.69, 9.17) is 0 Å². The Morgan fingerprint density at radius 2 is 2.15 bits per heavy atom. The first-order valence-electron chi connectivity index (χ1n) is 6.60. The molecule has 0 aliphatic rings. The Balaban J connectivity index is 2.31. The van der Waals surface area contributed by atoms with Gasteiger partial charge >= 0.3 is 0 Å². The van der Waals surface area contributed by atoms with Crippen molar-refractivity contribution in [1.29, 1.82) is 0 Å². The van der Waals surface area contributed by atoms with Crippen LogP contribution in [0.5, 0.6) is 5.75 Å². The van der Waals surface area contributed by atoms with Gasteiger partial charge in [0.2, 0.25) is 0 Å². The average molecular weight is 273 g/mol. The summed E-state index contributed by atoms with van der Waals surface area (Å²) in [5, 5.41) is 9.70. The molecule has 2 aromatic rings. The fourth-order valence-corrected chi connectivity index (χ4v) is 1.98. The number of rotatable bonds is 5. The number of hydrogen-bond donors (Lipinski definition) is 1. The van der Waals surface area contributed by atoms with Gasteiger partial charge in [-0.15, -0.1) is 0 Å². The van der Waals surface area contributed by atoms with E-state index in [1.54, 1.807) is 12.1 Å². The van der Waals surface area contributed by atoms with Gasteiger partial charge in [0.25, 0.3) is 0 Å². The van der Waals surface area contributed by atoms with Gasteiger partial charge in [-0.2, -0.15) is 0 Å². The molecule has 0 spiro atoms. The van der Waals surface area contributed by atoms with Crippen LogP contribution >= 0.6 is 0 Å². The van der Waals surface area contributed by atoms with Crippen LogP contribution in [0, 0.1) is 5.82 Å². The minimum atomic E-state index is -0.575. The third-order valence-corrected chi connectivity index (χ3v) is 3.09. The van der Waals surface area contributed by atoms with Crippen LogP contribution in [0.4, 0.5) is 4.39 Å². The maximum Gasteiger partial charge on any atom is 0.165 e. The van der Waals surface area contributed by atoms with E-state index in [1.165, 1.54) is 24.4 Å². The molecule has 0 saturated carbocycles. The number of carbonyl (C=O) groups is 1. The van der Waals surface area contributed by atoms with E-state index in [0.717, 1.165) is 12.8 Å². The summed E-state index contributed by atoms with van der Waals surface area (Å²) in [7, 11) is 0. The average Bonchev–Trinajstić information content (AvgIpc) is 2.45. The summed E-state index contributed by atoms with van der Waals surface area (Å²) in [5.41, 5.74) is 0.851. The standard InChI is InChI=1S/C16H16FNO2/c1-2-3-5-14(19)12-8-7-11(10-13(12)17)16-15(20)6-4-9-18-16/h4,6-10,20H,2-3,5H2,1H3. The van der Waals surface area contributed by atoms with Crippen molar-refractivity contribution in [3.05, 3.63) is 47.9 Å². The Hall–Kier alpha value is -2.23. The minimum absolute atomic E-state index is 0.0167. The lowest BCUT2D eigenvalue weighted by molar-refractivity contribution is 0.0976. The molecule has 3 nitrogen and oxygen atoms in total. The second-order valence-corrected chi connectivity index (χ2v) is 4.59. The van der Waals surface area contributed by atoms with Crippen LogP contribution in [0.3, 0.4) is 0 Å². The molecular formula is C16H16FNO2. The van der Waals surface area contributed by atoms with E-state index >= 15 is 0 Å². The zero-order valence-electron chi connectivity index (χ0n) is 11.3. The van der Waals surface area contributed by atoms with Crippen LogP contribution in [0.15, 0.2) is 36.5 Å². The lowest BCUT2D eigenvalue weighted by Gasteiger charge is -2.06. The van der Waals surface area contributed by atoms with Gasteiger partial charge in [-0.25, -0.2) is 4.39 Å². The Kier molecular flexibility index (Phi) is 4.45. The van der Waals surface area contributed by atoms with Crippen molar-refractivity contribution in [2.45, 2.75) is 26.2 Å². The molecule has 4 heteroatoms. The second-order valence-electron chi connectivity index (χ2n) is 4.59. The highest BCUT2D eigenvalue weighted by Crippen LogP contribution is 2.27.